The van der Waals surface area contributed by atoms with Crippen LogP contribution in [0.1, 0.15) is 33.4 Å². The topological polar surface area (TPSA) is 73.2 Å². The minimum Gasteiger partial charge on any atom is -0.484 e. The van der Waals surface area contributed by atoms with Crippen molar-refractivity contribution < 1.29 is 18.7 Å². The smallest absolute Gasteiger partial charge is 0.258 e. The molecular weight excluding hydrogens is 457 g/mol. The fourth-order valence-corrected chi connectivity index (χ4v) is 3.56. The first-order valence-corrected chi connectivity index (χ1v) is 10.8. The first kappa shape index (κ1) is 23.2. The number of ketones is 1. The third-order valence-corrected chi connectivity index (χ3v) is 5.47. The van der Waals surface area contributed by atoms with Gasteiger partial charge in [0.05, 0.1) is 0 Å². The number of hydrogen-bond donors (Lipinski definition) is 1. The number of carbonyl (C=O) groups excluding carboxylic acids is 2. The molecule has 0 fully saturated rings. The molecule has 172 valence electrons. The normalized spacial score (nSPS) is 11.6. The van der Waals surface area contributed by atoms with Crippen LogP contribution < -0.4 is 10.1 Å². The van der Waals surface area contributed by atoms with Crippen molar-refractivity contribution >= 4 is 23.3 Å². The van der Waals surface area contributed by atoms with E-state index in [0.29, 0.717) is 33.3 Å². The lowest BCUT2D eigenvalue weighted by Gasteiger charge is -2.19. The van der Waals surface area contributed by atoms with Crippen LogP contribution >= 0.6 is 11.6 Å². The van der Waals surface area contributed by atoms with E-state index in [1.165, 1.54) is 12.1 Å². The highest BCUT2D eigenvalue weighted by molar-refractivity contribution is 6.30. The summed E-state index contributed by atoms with van der Waals surface area (Å²) in [4.78, 5) is 29.5. The molecule has 1 atom stereocenters. The predicted octanol–water partition coefficient (Wildman–Crippen LogP) is 4.73. The Bertz CT molecular complexity index is 1290. The molecule has 0 spiro atoms. The summed E-state index contributed by atoms with van der Waals surface area (Å²) in [6.07, 6.45) is 3.39. The number of amides is 1. The zero-order valence-electron chi connectivity index (χ0n) is 18.2. The molecule has 0 aliphatic carbocycles. The largest absolute Gasteiger partial charge is 0.484 e. The zero-order chi connectivity index (χ0) is 24.1. The van der Waals surface area contributed by atoms with Crippen LogP contribution in [0.15, 0.2) is 85.2 Å². The second kappa shape index (κ2) is 10.3. The Hall–Kier alpha value is -3.97. The molecule has 1 unspecified atom stereocenters. The number of aromatic nitrogens is 2. The number of hydrogen-bond acceptors (Lipinski definition) is 4. The molecule has 1 amide bonds. The highest BCUT2D eigenvalue weighted by Gasteiger charge is 2.21. The Kier molecular flexibility index (Phi) is 7.04. The van der Waals surface area contributed by atoms with E-state index in [4.69, 9.17) is 16.3 Å². The van der Waals surface area contributed by atoms with Gasteiger partial charge in [0, 0.05) is 35.6 Å². The quantitative estimate of drug-likeness (QED) is 0.372. The lowest BCUT2D eigenvalue weighted by atomic mass is 10.0. The molecular formula is C26H21ClFN3O3. The van der Waals surface area contributed by atoms with E-state index in [1.807, 2.05) is 7.05 Å². The molecule has 0 radical (unpaired) electrons. The summed E-state index contributed by atoms with van der Waals surface area (Å²) in [6, 6.07) is 18.5. The Morgan fingerprint density at radius 2 is 1.62 bits per heavy atom. The summed E-state index contributed by atoms with van der Waals surface area (Å²) in [5, 5.41) is 3.45. The lowest BCUT2D eigenvalue weighted by molar-refractivity contribution is -0.123. The van der Waals surface area contributed by atoms with Crippen molar-refractivity contribution in [3.05, 3.63) is 119 Å². The van der Waals surface area contributed by atoms with Crippen LogP contribution in [0.25, 0.3) is 0 Å². The second-order valence-electron chi connectivity index (χ2n) is 7.60. The second-order valence-corrected chi connectivity index (χ2v) is 8.03. The van der Waals surface area contributed by atoms with Crippen molar-refractivity contribution in [2.24, 2.45) is 7.05 Å². The van der Waals surface area contributed by atoms with E-state index in [1.54, 1.807) is 77.6 Å². The number of nitrogens with zero attached hydrogens (tertiary/aromatic N) is 2. The van der Waals surface area contributed by atoms with Crippen molar-refractivity contribution in [2.45, 2.75) is 6.04 Å². The van der Waals surface area contributed by atoms with Crippen LogP contribution in [0.3, 0.4) is 0 Å². The van der Waals surface area contributed by atoms with Crippen molar-refractivity contribution in [3.63, 3.8) is 0 Å². The first-order valence-electron chi connectivity index (χ1n) is 10.5. The Labute approximate surface area is 201 Å². The number of rotatable bonds is 8. The van der Waals surface area contributed by atoms with Crippen LogP contribution in [-0.2, 0) is 11.8 Å². The third kappa shape index (κ3) is 5.50. The minimum absolute atomic E-state index is 0.141. The van der Waals surface area contributed by atoms with Gasteiger partial charge in [0.15, 0.2) is 12.4 Å². The number of nitrogens with one attached hydrogen (secondary N) is 1. The minimum atomic E-state index is -0.573. The van der Waals surface area contributed by atoms with Crippen molar-refractivity contribution in [1.29, 1.82) is 0 Å². The molecule has 34 heavy (non-hydrogen) atoms. The molecule has 6 nitrogen and oxygen atoms in total. The summed E-state index contributed by atoms with van der Waals surface area (Å²) < 4.78 is 20.8. The molecule has 0 saturated heterocycles. The average Bonchev–Trinajstić information content (AvgIpc) is 3.28. The van der Waals surface area contributed by atoms with Crippen LogP contribution in [-0.4, -0.2) is 27.8 Å². The Morgan fingerprint density at radius 3 is 2.21 bits per heavy atom. The molecule has 4 rings (SSSR count). The van der Waals surface area contributed by atoms with Crippen LogP contribution in [0.4, 0.5) is 4.39 Å². The van der Waals surface area contributed by atoms with Gasteiger partial charge >= 0.3 is 0 Å². The fraction of sp³-hybridized carbons (Fsp3) is 0.115. The molecule has 1 heterocycles. The molecule has 0 bridgehead atoms. The van der Waals surface area contributed by atoms with Crippen molar-refractivity contribution in [2.75, 3.05) is 6.61 Å². The van der Waals surface area contributed by atoms with Gasteiger partial charge in [-0.05, 0) is 66.2 Å². The van der Waals surface area contributed by atoms with Gasteiger partial charge in [-0.1, -0.05) is 23.7 Å². The van der Waals surface area contributed by atoms with Crippen LogP contribution in [0, 0.1) is 5.82 Å². The van der Waals surface area contributed by atoms with E-state index in [2.05, 4.69) is 10.3 Å². The molecule has 4 aromatic rings. The van der Waals surface area contributed by atoms with Crippen molar-refractivity contribution in [3.8, 4) is 5.75 Å². The molecule has 1 aromatic heterocycles. The maximum Gasteiger partial charge on any atom is 0.258 e. The number of carbonyl (C=O) groups is 2. The summed E-state index contributed by atoms with van der Waals surface area (Å²) in [6.45, 7) is -0.243. The zero-order valence-corrected chi connectivity index (χ0v) is 19.0. The van der Waals surface area contributed by atoms with Gasteiger partial charge < -0.3 is 14.6 Å². The third-order valence-electron chi connectivity index (χ3n) is 5.22. The highest BCUT2D eigenvalue weighted by Crippen LogP contribution is 2.21. The number of aryl methyl sites for hydroxylation is 1. The summed E-state index contributed by atoms with van der Waals surface area (Å²) in [5.41, 5.74) is 1.71. The number of benzene rings is 3. The SMILES string of the molecule is Cn1ccnc1C(NC(=O)COc1ccc(C(=O)c2ccc(Cl)cc2)cc1)c1ccc(F)cc1. The molecule has 0 aliphatic heterocycles. The predicted molar refractivity (Wildman–Crippen MR) is 126 cm³/mol. The van der Waals surface area contributed by atoms with E-state index < -0.39 is 6.04 Å². The molecule has 0 saturated carbocycles. The van der Waals surface area contributed by atoms with Gasteiger partial charge in [0.2, 0.25) is 0 Å². The fourth-order valence-electron chi connectivity index (χ4n) is 3.43. The number of ether oxygens (including phenoxy) is 1. The van der Waals surface area contributed by atoms with Gasteiger partial charge in [0.25, 0.3) is 5.91 Å². The summed E-state index contributed by atoms with van der Waals surface area (Å²) in [7, 11) is 1.81. The van der Waals surface area contributed by atoms with Gasteiger partial charge in [-0.2, -0.15) is 0 Å². The van der Waals surface area contributed by atoms with Gasteiger partial charge in [-0.15, -0.1) is 0 Å². The van der Waals surface area contributed by atoms with Gasteiger partial charge in [-0.25, -0.2) is 9.37 Å². The highest BCUT2D eigenvalue weighted by atomic mass is 35.5. The number of halogens is 2. The van der Waals surface area contributed by atoms with Gasteiger partial charge in [0.1, 0.15) is 23.4 Å². The van der Waals surface area contributed by atoms with Crippen LogP contribution in [0.2, 0.25) is 5.02 Å². The molecule has 3 aromatic carbocycles. The standard InChI is InChI=1S/C26H21ClFN3O3/c1-31-15-14-29-26(31)24(17-4-10-21(28)11-5-17)30-23(32)16-34-22-12-6-19(7-13-22)25(33)18-2-8-20(27)9-3-18/h2-15,24H,16H2,1H3,(H,30,32). The Balaban J connectivity index is 1.40. The molecule has 0 aliphatic rings. The van der Waals surface area contributed by atoms with E-state index in [0.717, 1.165) is 0 Å². The number of imidazole rings is 1. The van der Waals surface area contributed by atoms with Gasteiger partial charge in [-0.3, -0.25) is 9.59 Å². The van der Waals surface area contributed by atoms with E-state index >= 15 is 0 Å². The first-order chi connectivity index (χ1) is 16.4. The molecule has 1 N–H and O–H groups in total. The summed E-state index contributed by atoms with van der Waals surface area (Å²) in [5.74, 6) is 0.162. The summed E-state index contributed by atoms with van der Waals surface area (Å²) >= 11 is 5.87. The van der Waals surface area contributed by atoms with E-state index in [9.17, 15) is 14.0 Å². The Morgan fingerprint density at radius 1 is 1.00 bits per heavy atom. The molecule has 8 heteroatoms. The monoisotopic (exact) mass is 477 g/mol. The maximum absolute atomic E-state index is 13.4. The maximum atomic E-state index is 13.4. The van der Waals surface area contributed by atoms with Crippen molar-refractivity contribution in [1.82, 2.24) is 14.9 Å². The van der Waals surface area contributed by atoms with E-state index in [-0.39, 0.29) is 24.1 Å². The average molecular weight is 478 g/mol. The van der Waals surface area contributed by atoms with Crippen LogP contribution in [0.5, 0.6) is 5.75 Å². The lowest BCUT2D eigenvalue weighted by Crippen LogP contribution is -2.34.